The van der Waals surface area contributed by atoms with Crippen LogP contribution in [-0.2, 0) is 9.53 Å². The monoisotopic (exact) mass is 349 g/mol. The maximum Gasteiger partial charge on any atom is 0.415 e. The molecule has 0 saturated heterocycles. The lowest BCUT2D eigenvalue weighted by atomic mass is 10.4. The first-order chi connectivity index (χ1) is 7.31. The molecule has 0 aromatic carbocycles. The van der Waals surface area contributed by atoms with Crippen molar-refractivity contribution >= 4 is 62.7 Å². The highest BCUT2D eigenvalue weighted by Gasteiger charge is 2.34. The standard InChI is InChI=1S/C8H7BrCl3NO3/c1-2-5(8(10,11)12)16-7(15)13-6(14)3-4-9/h1,5H,3-4H2,(H,13,14,15). The fraction of sp³-hybridized carbons (Fsp3) is 0.500. The summed E-state index contributed by atoms with van der Waals surface area (Å²) < 4.78 is 2.62. The molecule has 0 aliphatic rings. The van der Waals surface area contributed by atoms with Crippen molar-refractivity contribution in [3.05, 3.63) is 0 Å². The van der Waals surface area contributed by atoms with E-state index in [0.29, 0.717) is 5.33 Å². The van der Waals surface area contributed by atoms with Crippen LogP contribution >= 0.6 is 50.7 Å². The van der Waals surface area contributed by atoms with Crippen LogP contribution in [-0.4, -0.2) is 27.2 Å². The lowest BCUT2D eigenvalue weighted by Gasteiger charge is -2.19. The number of hydrogen-bond acceptors (Lipinski definition) is 3. The summed E-state index contributed by atoms with van der Waals surface area (Å²) in [5.74, 6) is 1.45. The second kappa shape index (κ2) is 7.23. The fourth-order valence-corrected chi connectivity index (χ4v) is 1.28. The van der Waals surface area contributed by atoms with Gasteiger partial charge in [0.25, 0.3) is 0 Å². The van der Waals surface area contributed by atoms with Crippen molar-refractivity contribution in [1.82, 2.24) is 5.32 Å². The molecule has 1 unspecified atom stereocenters. The number of carbonyl (C=O) groups is 2. The molecule has 0 saturated carbocycles. The summed E-state index contributed by atoms with van der Waals surface area (Å²) in [7, 11) is 0. The van der Waals surface area contributed by atoms with Crippen LogP contribution in [0.4, 0.5) is 4.79 Å². The topological polar surface area (TPSA) is 55.4 Å². The van der Waals surface area contributed by atoms with Crippen LogP contribution in [0.25, 0.3) is 0 Å². The van der Waals surface area contributed by atoms with Gasteiger partial charge in [0.2, 0.25) is 15.8 Å². The molecular weight excluding hydrogens is 344 g/mol. The molecule has 1 atom stereocenters. The molecule has 2 amide bonds. The molecule has 4 nitrogen and oxygen atoms in total. The van der Waals surface area contributed by atoms with E-state index in [-0.39, 0.29) is 6.42 Å². The van der Waals surface area contributed by atoms with Crippen molar-refractivity contribution in [3.63, 3.8) is 0 Å². The van der Waals surface area contributed by atoms with Gasteiger partial charge in [-0.2, -0.15) is 0 Å². The van der Waals surface area contributed by atoms with E-state index in [9.17, 15) is 9.59 Å². The molecule has 0 bridgehead atoms. The lowest BCUT2D eigenvalue weighted by Crippen LogP contribution is -2.37. The number of nitrogens with one attached hydrogen (secondary N) is 1. The molecule has 0 radical (unpaired) electrons. The Labute approximate surface area is 116 Å². The zero-order valence-electron chi connectivity index (χ0n) is 7.81. The van der Waals surface area contributed by atoms with E-state index >= 15 is 0 Å². The zero-order valence-corrected chi connectivity index (χ0v) is 11.7. The summed E-state index contributed by atoms with van der Waals surface area (Å²) in [4.78, 5) is 22.1. The fourth-order valence-electron chi connectivity index (χ4n) is 0.594. The van der Waals surface area contributed by atoms with Gasteiger partial charge in [0, 0.05) is 11.8 Å². The molecular formula is C8H7BrCl3NO3. The van der Waals surface area contributed by atoms with Gasteiger partial charge in [0.15, 0.2) is 0 Å². The molecule has 0 aliphatic heterocycles. The van der Waals surface area contributed by atoms with Gasteiger partial charge in [-0.05, 0) is 0 Å². The highest BCUT2D eigenvalue weighted by molar-refractivity contribution is 9.09. The molecule has 0 aliphatic carbocycles. The third kappa shape index (κ3) is 6.44. The number of halogens is 4. The molecule has 0 fully saturated rings. The Morgan fingerprint density at radius 1 is 1.50 bits per heavy atom. The number of alkyl carbamates (subject to hydrolysis) is 1. The van der Waals surface area contributed by atoms with E-state index < -0.39 is 21.9 Å². The second-order valence-electron chi connectivity index (χ2n) is 2.48. The van der Waals surface area contributed by atoms with E-state index in [0.717, 1.165) is 0 Å². The molecule has 1 N–H and O–H groups in total. The Kier molecular flexibility index (Phi) is 7.16. The van der Waals surface area contributed by atoms with Gasteiger partial charge in [-0.15, -0.1) is 6.42 Å². The number of alkyl halides is 4. The molecule has 0 aromatic rings. The number of amides is 2. The van der Waals surface area contributed by atoms with Crippen molar-refractivity contribution < 1.29 is 14.3 Å². The van der Waals surface area contributed by atoms with Crippen LogP contribution in [0.15, 0.2) is 0 Å². The summed E-state index contributed by atoms with van der Waals surface area (Å²) >= 11 is 19.3. The molecule has 0 heterocycles. The first kappa shape index (κ1) is 15.9. The van der Waals surface area contributed by atoms with E-state index in [4.69, 9.17) is 41.2 Å². The maximum atomic E-state index is 11.1. The third-order valence-corrected chi connectivity index (χ3v) is 2.23. The van der Waals surface area contributed by atoms with Crippen molar-refractivity contribution in [3.8, 4) is 12.3 Å². The summed E-state index contributed by atoms with van der Waals surface area (Å²) in [6, 6.07) is 0. The van der Waals surface area contributed by atoms with E-state index in [2.05, 4.69) is 20.7 Å². The van der Waals surface area contributed by atoms with Crippen molar-refractivity contribution in [1.29, 1.82) is 0 Å². The first-order valence-corrected chi connectivity index (χ1v) is 6.16. The largest absolute Gasteiger partial charge is 0.428 e. The number of rotatable bonds is 3. The number of ether oxygens (including phenoxy) is 1. The zero-order chi connectivity index (χ0) is 12.8. The summed E-state index contributed by atoms with van der Waals surface area (Å²) in [5, 5.41) is 2.33. The summed E-state index contributed by atoms with van der Waals surface area (Å²) in [5.41, 5.74) is 0. The molecule has 8 heteroatoms. The quantitative estimate of drug-likeness (QED) is 0.627. The smallest absolute Gasteiger partial charge is 0.415 e. The summed E-state index contributed by atoms with van der Waals surface area (Å²) in [6.07, 6.45) is 2.69. The highest BCUT2D eigenvalue weighted by atomic mass is 79.9. The molecule has 0 spiro atoms. The van der Waals surface area contributed by atoms with Gasteiger partial charge in [-0.25, -0.2) is 4.79 Å². The van der Waals surface area contributed by atoms with Crippen molar-refractivity contribution in [2.45, 2.75) is 16.3 Å². The van der Waals surface area contributed by atoms with Gasteiger partial charge in [0.1, 0.15) is 0 Å². The maximum absolute atomic E-state index is 11.1. The average Bonchev–Trinajstić information content (AvgIpc) is 2.12. The normalized spacial score (nSPS) is 12.4. The Morgan fingerprint density at radius 2 is 2.06 bits per heavy atom. The minimum atomic E-state index is -1.94. The predicted molar refractivity (Wildman–Crippen MR) is 65.9 cm³/mol. The number of hydrogen-bond donors (Lipinski definition) is 1. The molecule has 16 heavy (non-hydrogen) atoms. The van der Waals surface area contributed by atoms with Crippen molar-refractivity contribution in [2.24, 2.45) is 0 Å². The Hall–Kier alpha value is -0.150. The van der Waals surface area contributed by atoms with Crippen LogP contribution in [0.2, 0.25) is 0 Å². The average molecular weight is 351 g/mol. The van der Waals surface area contributed by atoms with Gasteiger partial charge in [0.05, 0.1) is 0 Å². The van der Waals surface area contributed by atoms with Gasteiger partial charge in [-0.3, -0.25) is 10.1 Å². The summed E-state index contributed by atoms with van der Waals surface area (Å²) in [6.45, 7) is 0. The second-order valence-corrected chi connectivity index (χ2v) is 5.64. The van der Waals surface area contributed by atoms with E-state index in [1.807, 2.05) is 11.2 Å². The SMILES string of the molecule is C#CC(OC(=O)NC(=O)CCBr)C(Cl)(Cl)Cl. The minimum Gasteiger partial charge on any atom is -0.428 e. The van der Waals surface area contributed by atoms with Gasteiger partial charge in [-0.1, -0.05) is 56.7 Å². The Balaban J connectivity index is 4.24. The predicted octanol–water partition coefficient (Wildman–Crippen LogP) is 2.40. The van der Waals surface area contributed by atoms with Crippen LogP contribution < -0.4 is 5.32 Å². The number of imide groups is 1. The van der Waals surface area contributed by atoms with Crippen LogP contribution in [0.3, 0.4) is 0 Å². The van der Waals surface area contributed by atoms with Crippen LogP contribution in [0.5, 0.6) is 0 Å². The minimum absolute atomic E-state index is 0.115. The van der Waals surface area contributed by atoms with E-state index in [1.165, 1.54) is 0 Å². The molecule has 90 valence electrons. The van der Waals surface area contributed by atoms with Crippen molar-refractivity contribution in [2.75, 3.05) is 5.33 Å². The third-order valence-electron chi connectivity index (χ3n) is 1.24. The lowest BCUT2D eigenvalue weighted by molar-refractivity contribution is -0.120. The van der Waals surface area contributed by atoms with E-state index in [1.54, 1.807) is 0 Å². The number of terminal acetylenes is 1. The van der Waals surface area contributed by atoms with Gasteiger partial charge < -0.3 is 4.74 Å². The molecule has 0 rings (SSSR count). The Bertz CT molecular complexity index is 311. The molecule has 0 aromatic heterocycles. The Morgan fingerprint density at radius 3 is 2.44 bits per heavy atom. The number of carbonyl (C=O) groups excluding carboxylic acids is 2. The first-order valence-electron chi connectivity index (χ1n) is 3.90. The van der Waals surface area contributed by atoms with Crippen LogP contribution in [0.1, 0.15) is 6.42 Å². The van der Waals surface area contributed by atoms with Gasteiger partial charge >= 0.3 is 6.09 Å². The highest BCUT2D eigenvalue weighted by Crippen LogP contribution is 2.31. The van der Waals surface area contributed by atoms with Crippen LogP contribution in [0, 0.1) is 12.3 Å².